The minimum atomic E-state index is -0.487. The molecule has 9 nitrogen and oxygen atoms in total. The van der Waals surface area contributed by atoms with Crippen molar-refractivity contribution >= 4 is 33.6 Å². The van der Waals surface area contributed by atoms with Gasteiger partial charge in [-0.2, -0.15) is 4.98 Å². The minimum Gasteiger partial charge on any atom is -0.286 e. The highest BCUT2D eigenvalue weighted by atomic mass is 79.9. The standard InChI is InChI=1S/C17H15BrN8O/c1-10-7-11(2)26-17(20-10)21-14(23-26)15(27)22-16-19-9-25(24-16)8-12-3-5-13(18)6-4-12/h3-7,9H,8H2,1-2H3,(H,22,24,27). The second-order valence-electron chi connectivity index (χ2n) is 6.03. The first kappa shape index (κ1) is 17.3. The Bertz CT molecular complexity index is 1130. The lowest BCUT2D eigenvalue weighted by molar-refractivity contribution is 0.101. The molecule has 4 aromatic rings. The number of hydrogen-bond acceptors (Lipinski definition) is 6. The summed E-state index contributed by atoms with van der Waals surface area (Å²) in [4.78, 5) is 25.0. The average Bonchev–Trinajstić information content (AvgIpc) is 3.24. The topological polar surface area (TPSA) is 103 Å². The van der Waals surface area contributed by atoms with Crippen LogP contribution in [0.3, 0.4) is 0 Å². The van der Waals surface area contributed by atoms with E-state index < -0.39 is 5.91 Å². The Balaban J connectivity index is 1.49. The number of carbonyl (C=O) groups excluding carboxylic acids is 1. The van der Waals surface area contributed by atoms with Crippen LogP contribution in [-0.2, 0) is 6.54 Å². The SMILES string of the molecule is Cc1cc(C)n2nc(C(=O)Nc3ncn(Cc4ccc(Br)cc4)n3)nc2n1. The predicted molar refractivity (Wildman–Crippen MR) is 101 cm³/mol. The third-order valence-corrected chi connectivity index (χ3v) is 4.37. The number of carbonyl (C=O) groups is 1. The first-order chi connectivity index (χ1) is 13.0. The van der Waals surface area contributed by atoms with Crippen LogP contribution in [-0.4, -0.2) is 40.3 Å². The number of halogens is 1. The Morgan fingerprint density at radius 2 is 1.93 bits per heavy atom. The molecule has 0 aliphatic carbocycles. The van der Waals surface area contributed by atoms with Crippen molar-refractivity contribution in [1.82, 2.24) is 34.3 Å². The van der Waals surface area contributed by atoms with Crippen molar-refractivity contribution in [2.75, 3.05) is 5.32 Å². The smallest absolute Gasteiger partial charge is 0.286 e. The molecule has 0 saturated heterocycles. The van der Waals surface area contributed by atoms with Crippen LogP contribution in [0.4, 0.5) is 5.95 Å². The van der Waals surface area contributed by atoms with Crippen LogP contribution in [0, 0.1) is 13.8 Å². The largest absolute Gasteiger partial charge is 0.297 e. The van der Waals surface area contributed by atoms with Gasteiger partial charge in [-0.15, -0.1) is 10.2 Å². The van der Waals surface area contributed by atoms with Crippen LogP contribution < -0.4 is 5.32 Å². The van der Waals surface area contributed by atoms with Crippen molar-refractivity contribution < 1.29 is 4.79 Å². The van der Waals surface area contributed by atoms with E-state index in [1.165, 1.54) is 4.52 Å². The highest BCUT2D eigenvalue weighted by molar-refractivity contribution is 9.10. The summed E-state index contributed by atoms with van der Waals surface area (Å²) in [7, 11) is 0. The summed E-state index contributed by atoms with van der Waals surface area (Å²) in [6, 6.07) is 9.77. The third-order valence-electron chi connectivity index (χ3n) is 3.84. The van der Waals surface area contributed by atoms with E-state index in [0.29, 0.717) is 12.3 Å². The van der Waals surface area contributed by atoms with E-state index in [9.17, 15) is 4.79 Å². The molecule has 0 spiro atoms. The molecule has 136 valence electrons. The summed E-state index contributed by atoms with van der Waals surface area (Å²) in [5.74, 6) is 0.0996. The number of nitrogens with one attached hydrogen (secondary N) is 1. The van der Waals surface area contributed by atoms with Crippen molar-refractivity contribution in [3.05, 3.63) is 63.9 Å². The first-order valence-corrected chi connectivity index (χ1v) is 8.93. The number of aryl methyl sites for hydroxylation is 2. The molecule has 1 aromatic carbocycles. The lowest BCUT2D eigenvalue weighted by Crippen LogP contribution is -2.15. The van der Waals surface area contributed by atoms with E-state index in [1.807, 2.05) is 44.2 Å². The molecule has 0 unspecified atom stereocenters. The van der Waals surface area contributed by atoms with Crippen LogP contribution in [0.1, 0.15) is 27.6 Å². The number of hydrogen-bond donors (Lipinski definition) is 1. The number of anilines is 1. The second kappa shape index (κ2) is 6.88. The maximum absolute atomic E-state index is 12.4. The Kier molecular flexibility index (Phi) is 4.40. The third kappa shape index (κ3) is 3.70. The van der Waals surface area contributed by atoms with Gasteiger partial charge < -0.3 is 0 Å². The molecule has 4 rings (SSSR count). The van der Waals surface area contributed by atoms with Gasteiger partial charge in [0.05, 0.1) is 6.54 Å². The Morgan fingerprint density at radius 3 is 2.70 bits per heavy atom. The number of amides is 1. The molecule has 0 fully saturated rings. The van der Waals surface area contributed by atoms with E-state index in [1.54, 1.807) is 11.0 Å². The molecule has 0 aliphatic heterocycles. The van der Waals surface area contributed by atoms with E-state index in [-0.39, 0.29) is 11.8 Å². The summed E-state index contributed by atoms with van der Waals surface area (Å²) in [6.07, 6.45) is 1.56. The number of aromatic nitrogens is 7. The summed E-state index contributed by atoms with van der Waals surface area (Å²) >= 11 is 3.40. The zero-order valence-corrected chi connectivity index (χ0v) is 16.2. The number of benzene rings is 1. The van der Waals surface area contributed by atoms with Crippen molar-refractivity contribution in [2.45, 2.75) is 20.4 Å². The zero-order chi connectivity index (χ0) is 19.0. The van der Waals surface area contributed by atoms with Crippen molar-refractivity contribution in [3.8, 4) is 0 Å². The van der Waals surface area contributed by atoms with Gasteiger partial charge in [-0.3, -0.25) is 10.1 Å². The summed E-state index contributed by atoms with van der Waals surface area (Å²) in [5.41, 5.74) is 2.73. The molecule has 0 radical (unpaired) electrons. The summed E-state index contributed by atoms with van der Waals surface area (Å²) in [6.45, 7) is 4.29. The van der Waals surface area contributed by atoms with Gasteiger partial charge in [0.1, 0.15) is 6.33 Å². The van der Waals surface area contributed by atoms with Crippen LogP contribution >= 0.6 is 15.9 Å². The average molecular weight is 427 g/mol. The van der Waals surface area contributed by atoms with Gasteiger partial charge in [0.15, 0.2) is 0 Å². The molecule has 3 heterocycles. The van der Waals surface area contributed by atoms with Gasteiger partial charge in [0.25, 0.3) is 11.7 Å². The quantitative estimate of drug-likeness (QED) is 0.537. The molecule has 0 atom stereocenters. The Hall–Kier alpha value is -3.14. The van der Waals surface area contributed by atoms with Crippen LogP contribution in [0.2, 0.25) is 0 Å². The minimum absolute atomic E-state index is 0.0143. The maximum atomic E-state index is 12.4. The summed E-state index contributed by atoms with van der Waals surface area (Å²) in [5, 5.41) is 11.1. The number of nitrogens with zero attached hydrogens (tertiary/aromatic N) is 7. The van der Waals surface area contributed by atoms with Gasteiger partial charge in [-0.25, -0.2) is 19.2 Å². The normalized spacial score (nSPS) is 11.1. The van der Waals surface area contributed by atoms with Gasteiger partial charge >= 0.3 is 0 Å². The van der Waals surface area contributed by atoms with Crippen molar-refractivity contribution in [2.24, 2.45) is 0 Å². The van der Waals surface area contributed by atoms with Crippen LogP contribution in [0.25, 0.3) is 5.78 Å². The second-order valence-corrected chi connectivity index (χ2v) is 6.95. The number of fused-ring (bicyclic) bond motifs is 1. The predicted octanol–water partition coefficient (Wildman–Crippen LogP) is 2.40. The fourth-order valence-electron chi connectivity index (χ4n) is 2.62. The van der Waals surface area contributed by atoms with E-state index >= 15 is 0 Å². The molecule has 0 aliphatic rings. The van der Waals surface area contributed by atoms with Gasteiger partial charge in [0.2, 0.25) is 11.8 Å². The van der Waals surface area contributed by atoms with Crippen molar-refractivity contribution in [1.29, 1.82) is 0 Å². The van der Waals surface area contributed by atoms with E-state index in [4.69, 9.17) is 0 Å². The lowest BCUT2D eigenvalue weighted by Gasteiger charge is -2.01. The zero-order valence-electron chi connectivity index (χ0n) is 14.6. The van der Waals surface area contributed by atoms with Gasteiger partial charge in [-0.05, 0) is 37.6 Å². The van der Waals surface area contributed by atoms with Crippen molar-refractivity contribution in [3.63, 3.8) is 0 Å². The molecule has 1 N–H and O–H groups in total. The van der Waals surface area contributed by atoms with E-state index in [2.05, 4.69) is 46.4 Å². The lowest BCUT2D eigenvalue weighted by atomic mass is 10.2. The molecule has 0 bridgehead atoms. The molecule has 10 heteroatoms. The molecule has 1 amide bonds. The molecule has 0 saturated carbocycles. The van der Waals surface area contributed by atoms with Crippen LogP contribution in [0.15, 0.2) is 41.1 Å². The highest BCUT2D eigenvalue weighted by Gasteiger charge is 2.16. The maximum Gasteiger partial charge on any atom is 0.297 e. The fraction of sp³-hybridized carbons (Fsp3) is 0.176. The first-order valence-electron chi connectivity index (χ1n) is 8.14. The Labute approximate surface area is 162 Å². The van der Waals surface area contributed by atoms with E-state index in [0.717, 1.165) is 21.4 Å². The molecular weight excluding hydrogens is 412 g/mol. The summed E-state index contributed by atoms with van der Waals surface area (Å²) < 4.78 is 4.18. The van der Waals surface area contributed by atoms with Gasteiger partial charge in [-0.1, -0.05) is 28.1 Å². The van der Waals surface area contributed by atoms with Crippen LogP contribution in [0.5, 0.6) is 0 Å². The Morgan fingerprint density at radius 1 is 1.15 bits per heavy atom. The monoisotopic (exact) mass is 426 g/mol. The molecular formula is C17H15BrN8O. The highest BCUT2D eigenvalue weighted by Crippen LogP contribution is 2.12. The molecule has 3 aromatic heterocycles. The number of rotatable bonds is 4. The fourth-order valence-corrected chi connectivity index (χ4v) is 2.89. The van der Waals surface area contributed by atoms with Gasteiger partial charge in [0, 0.05) is 15.9 Å². The molecule has 27 heavy (non-hydrogen) atoms.